The molecule has 3 aromatic carbocycles. The van der Waals surface area contributed by atoms with E-state index in [0.717, 1.165) is 29.5 Å². The molecule has 8 heteroatoms. The molecule has 0 aliphatic heterocycles. The van der Waals surface area contributed by atoms with Crippen molar-refractivity contribution < 1.29 is 22.7 Å². The maximum Gasteiger partial charge on any atom is 0.316 e. The Kier molecular flexibility index (Phi) is 8.10. The highest BCUT2D eigenvalue weighted by Crippen LogP contribution is 2.49. The van der Waals surface area contributed by atoms with Crippen LogP contribution in [0.1, 0.15) is 55.8 Å². The Labute approximate surface area is 218 Å². The Morgan fingerprint density at radius 3 is 2.19 bits per heavy atom. The molecule has 194 valence electrons. The molecule has 1 fully saturated rings. The van der Waals surface area contributed by atoms with E-state index in [1.165, 1.54) is 0 Å². The van der Waals surface area contributed by atoms with Crippen LogP contribution in [0.15, 0.2) is 83.8 Å². The number of sulfonamides is 1. The lowest BCUT2D eigenvalue weighted by Gasteiger charge is -2.15. The van der Waals surface area contributed by atoms with Crippen LogP contribution in [0, 0.1) is 0 Å². The number of anilines is 1. The lowest BCUT2D eigenvalue weighted by Crippen LogP contribution is -2.26. The molecule has 4 rings (SSSR count). The highest BCUT2D eigenvalue weighted by molar-refractivity contribution is 7.89. The van der Waals surface area contributed by atoms with Crippen LogP contribution in [-0.4, -0.2) is 26.9 Å². The number of hydrogen-bond acceptors (Lipinski definition) is 5. The quantitative estimate of drug-likeness (QED) is 0.351. The molecule has 2 N–H and O–H groups in total. The van der Waals surface area contributed by atoms with Gasteiger partial charge in [-0.05, 0) is 74.1 Å². The van der Waals surface area contributed by atoms with Gasteiger partial charge < -0.3 is 10.1 Å². The van der Waals surface area contributed by atoms with E-state index in [1.807, 2.05) is 42.5 Å². The first kappa shape index (κ1) is 26.6. The second-order valence-electron chi connectivity index (χ2n) is 9.33. The van der Waals surface area contributed by atoms with Gasteiger partial charge in [-0.3, -0.25) is 9.59 Å². The number of nitrogens with one attached hydrogen (secondary N) is 2. The molecule has 1 amide bonds. The number of ether oxygens (including phenoxy) is 1. The van der Waals surface area contributed by atoms with Crippen LogP contribution in [0.5, 0.6) is 0 Å². The molecular weight excluding hydrogens is 488 g/mol. The molecule has 0 bridgehead atoms. The fourth-order valence-corrected chi connectivity index (χ4v) is 5.54. The second kappa shape index (κ2) is 11.3. The first-order valence-electron chi connectivity index (χ1n) is 12.5. The highest BCUT2D eigenvalue weighted by Gasteiger charge is 2.52. The lowest BCUT2D eigenvalue weighted by molar-refractivity contribution is -0.146. The zero-order chi connectivity index (χ0) is 26.5. The predicted octanol–water partition coefficient (Wildman–Crippen LogP) is 4.89. The van der Waals surface area contributed by atoms with Crippen LogP contribution in [-0.2, 0) is 36.2 Å². The first-order chi connectivity index (χ1) is 17.7. The van der Waals surface area contributed by atoms with Crippen molar-refractivity contribution in [1.29, 1.82) is 0 Å². The number of amides is 1. The number of esters is 1. The van der Waals surface area contributed by atoms with E-state index < -0.39 is 15.4 Å². The largest absolute Gasteiger partial charge is 0.465 e. The summed E-state index contributed by atoms with van der Waals surface area (Å²) in [6.45, 7) is 3.96. The molecule has 0 spiro atoms. The Morgan fingerprint density at radius 2 is 1.59 bits per heavy atom. The van der Waals surface area contributed by atoms with Crippen molar-refractivity contribution in [2.75, 3.05) is 11.9 Å². The van der Waals surface area contributed by atoms with E-state index in [4.69, 9.17) is 4.74 Å². The van der Waals surface area contributed by atoms with Gasteiger partial charge in [-0.2, -0.15) is 0 Å². The van der Waals surface area contributed by atoms with E-state index in [1.54, 1.807) is 50.2 Å². The number of benzene rings is 3. The minimum Gasteiger partial charge on any atom is -0.465 e. The molecule has 0 saturated heterocycles. The first-order valence-corrected chi connectivity index (χ1v) is 14.0. The molecule has 3 aromatic rings. The van der Waals surface area contributed by atoms with Crippen molar-refractivity contribution in [2.24, 2.45) is 0 Å². The van der Waals surface area contributed by atoms with Crippen molar-refractivity contribution in [1.82, 2.24) is 4.72 Å². The summed E-state index contributed by atoms with van der Waals surface area (Å²) in [5.74, 6) is -0.332. The molecule has 7 nitrogen and oxygen atoms in total. The molecule has 1 atom stereocenters. The number of carbonyl (C=O) groups excluding carboxylic acids is 2. The average Bonchev–Trinajstić information content (AvgIpc) is 3.71. The van der Waals surface area contributed by atoms with Gasteiger partial charge in [-0.25, -0.2) is 13.1 Å². The molecule has 0 heterocycles. The molecule has 0 unspecified atom stereocenters. The minimum absolute atomic E-state index is 0.144. The van der Waals surface area contributed by atoms with Gasteiger partial charge in [0, 0.05) is 18.2 Å². The van der Waals surface area contributed by atoms with Gasteiger partial charge in [0.25, 0.3) is 0 Å². The standard InChI is InChI=1S/C29H32N2O5S/c1-3-36-28(33)29(19-20-29)24-12-14-25(15-13-24)30-27(32)18-11-22-9-16-26(17-10-22)37(34,35)31-21(2)23-7-5-4-6-8-23/h4-10,12-17,21,31H,3,11,18-20H2,1-2H3,(H,30,32)/t21-/m1/s1. The molecule has 37 heavy (non-hydrogen) atoms. The molecule has 1 aliphatic rings. The third-order valence-electron chi connectivity index (χ3n) is 6.64. The molecular formula is C29H32N2O5S. The van der Waals surface area contributed by atoms with Gasteiger partial charge in [0.15, 0.2) is 0 Å². The number of aryl methyl sites for hydroxylation is 1. The van der Waals surface area contributed by atoms with Crippen LogP contribution >= 0.6 is 0 Å². The van der Waals surface area contributed by atoms with E-state index in [-0.39, 0.29) is 29.2 Å². The van der Waals surface area contributed by atoms with E-state index in [0.29, 0.717) is 18.7 Å². The van der Waals surface area contributed by atoms with Crippen molar-refractivity contribution in [3.8, 4) is 0 Å². The Hall–Kier alpha value is -3.49. The Balaban J connectivity index is 1.28. The Bertz CT molecular complexity index is 1330. The van der Waals surface area contributed by atoms with Gasteiger partial charge >= 0.3 is 5.97 Å². The fourth-order valence-electron chi connectivity index (χ4n) is 4.30. The number of carbonyl (C=O) groups is 2. The topological polar surface area (TPSA) is 102 Å². The maximum absolute atomic E-state index is 12.8. The zero-order valence-corrected chi connectivity index (χ0v) is 21.9. The van der Waals surface area contributed by atoms with Crippen LogP contribution in [0.2, 0.25) is 0 Å². The van der Waals surface area contributed by atoms with Crippen molar-refractivity contribution in [3.63, 3.8) is 0 Å². The third kappa shape index (κ3) is 6.45. The number of hydrogen-bond donors (Lipinski definition) is 2. The molecule has 1 saturated carbocycles. The maximum atomic E-state index is 12.8. The second-order valence-corrected chi connectivity index (χ2v) is 11.0. The third-order valence-corrected chi connectivity index (χ3v) is 8.20. The summed E-state index contributed by atoms with van der Waals surface area (Å²) in [6.07, 6.45) is 2.29. The monoisotopic (exact) mass is 520 g/mol. The molecule has 1 aliphatic carbocycles. The van der Waals surface area contributed by atoms with Crippen LogP contribution in [0.3, 0.4) is 0 Å². The summed E-state index contributed by atoms with van der Waals surface area (Å²) in [5.41, 5.74) is 2.79. The van der Waals surface area contributed by atoms with Gasteiger partial charge in [0.05, 0.1) is 16.9 Å². The highest BCUT2D eigenvalue weighted by atomic mass is 32.2. The van der Waals surface area contributed by atoms with Crippen molar-refractivity contribution >= 4 is 27.6 Å². The fraction of sp³-hybridized carbons (Fsp3) is 0.310. The van der Waals surface area contributed by atoms with Gasteiger partial charge in [-0.1, -0.05) is 54.6 Å². The molecule has 0 radical (unpaired) electrons. The van der Waals surface area contributed by atoms with Gasteiger partial charge in [0.2, 0.25) is 15.9 Å². The van der Waals surface area contributed by atoms with Crippen molar-refractivity contribution in [3.05, 3.63) is 95.6 Å². The van der Waals surface area contributed by atoms with Gasteiger partial charge in [-0.15, -0.1) is 0 Å². The van der Waals surface area contributed by atoms with Gasteiger partial charge in [0.1, 0.15) is 0 Å². The summed E-state index contributed by atoms with van der Waals surface area (Å²) < 4.78 is 33.4. The van der Waals surface area contributed by atoms with Crippen LogP contribution in [0.25, 0.3) is 0 Å². The predicted molar refractivity (Wildman–Crippen MR) is 143 cm³/mol. The zero-order valence-electron chi connectivity index (χ0n) is 21.1. The Morgan fingerprint density at radius 1 is 0.946 bits per heavy atom. The van der Waals surface area contributed by atoms with E-state index >= 15 is 0 Å². The van der Waals surface area contributed by atoms with E-state index in [2.05, 4.69) is 10.0 Å². The van der Waals surface area contributed by atoms with Crippen LogP contribution in [0.4, 0.5) is 5.69 Å². The van der Waals surface area contributed by atoms with Crippen molar-refractivity contribution in [2.45, 2.75) is 55.9 Å². The minimum atomic E-state index is -3.67. The SMILES string of the molecule is CCOC(=O)C1(c2ccc(NC(=O)CCc3ccc(S(=O)(=O)N[C@H](C)c4ccccc4)cc3)cc2)CC1. The summed E-state index contributed by atoms with van der Waals surface area (Å²) in [4.78, 5) is 24.9. The van der Waals surface area contributed by atoms with Crippen LogP contribution < -0.4 is 10.0 Å². The summed E-state index contributed by atoms with van der Waals surface area (Å²) in [6, 6.07) is 22.9. The normalized spacial score (nSPS) is 15.0. The van der Waals surface area contributed by atoms with E-state index in [9.17, 15) is 18.0 Å². The lowest BCUT2D eigenvalue weighted by atomic mass is 9.96. The molecule has 0 aromatic heterocycles. The smallest absolute Gasteiger partial charge is 0.316 e. The summed E-state index contributed by atoms with van der Waals surface area (Å²) in [7, 11) is -3.67. The summed E-state index contributed by atoms with van der Waals surface area (Å²) >= 11 is 0. The average molecular weight is 521 g/mol. The summed E-state index contributed by atoms with van der Waals surface area (Å²) in [5, 5.41) is 2.88. The number of rotatable bonds is 11.